The summed E-state index contributed by atoms with van der Waals surface area (Å²) in [5.41, 5.74) is 1.22. The SMILES string of the molecule is CCCC(C)Cn1nnc(C(=O)O)c1-c1cccnc1. The Morgan fingerprint density at radius 2 is 2.30 bits per heavy atom. The molecule has 6 nitrogen and oxygen atoms in total. The van der Waals surface area contributed by atoms with Gasteiger partial charge in [0.15, 0.2) is 5.69 Å². The zero-order valence-electron chi connectivity index (χ0n) is 11.7. The van der Waals surface area contributed by atoms with E-state index in [1.807, 2.05) is 6.07 Å². The lowest BCUT2D eigenvalue weighted by atomic mass is 10.1. The number of rotatable bonds is 6. The lowest BCUT2D eigenvalue weighted by Crippen LogP contribution is -2.11. The zero-order valence-corrected chi connectivity index (χ0v) is 11.7. The number of pyridine rings is 1. The maximum atomic E-state index is 11.3. The summed E-state index contributed by atoms with van der Waals surface area (Å²) in [5.74, 6) is -0.656. The highest BCUT2D eigenvalue weighted by Gasteiger charge is 2.21. The van der Waals surface area contributed by atoms with Crippen molar-refractivity contribution in [2.45, 2.75) is 33.2 Å². The summed E-state index contributed by atoms with van der Waals surface area (Å²) >= 11 is 0. The van der Waals surface area contributed by atoms with E-state index in [0.717, 1.165) is 18.4 Å². The summed E-state index contributed by atoms with van der Waals surface area (Å²) in [4.78, 5) is 15.3. The second kappa shape index (κ2) is 6.27. The van der Waals surface area contributed by atoms with Crippen LogP contribution in [0.15, 0.2) is 24.5 Å². The Labute approximate surface area is 117 Å². The van der Waals surface area contributed by atoms with Crippen LogP contribution >= 0.6 is 0 Å². The van der Waals surface area contributed by atoms with Crippen LogP contribution in [0.3, 0.4) is 0 Å². The number of carboxylic acids is 1. The molecule has 0 bridgehead atoms. The molecule has 1 N–H and O–H groups in total. The van der Waals surface area contributed by atoms with Gasteiger partial charge < -0.3 is 5.11 Å². The third kappa shape index (κ3) is 3.01. The van der Waals surface area contributed by atoms with Crippen LogP contribution in [0.1, 0.15) is 37.2 Å². The van der Waals surface area contributed by atoms with Gasteiger partial charge in [0.25, 0.3) is 0 Å². The highest BCUT2D eigenvalue weighted by atomic mass is 16.4. The molecule has 1 atom stereocenters. The number of hydrogen-bond acceptors (Lipinski definition) is 4. The smallest absolute Gasteiger partial charge is 0.358 e. The molecule has 0 saturated heterocycles. The van der Waals surface area contributed by atoms with Crippen LogP contribution in [0, 0.1) is 5.92 Å². The summed E-state index contributed by atoms with van der Waals surface area (Å²) in [7, 11) is 0. The average molecular weight is 274 g/mol. The topological polar surface area (TPSA) is 80.9 Å². The second-order valence-electron chi connectivity index (χ2n) is 4.91. The first-order chi connectivity index (χ1) is 9.63. The van der Waals surface area contributed by atoms with Crippen molar-refractivity contribution in [3.63, 3.8) is 0 Å². The van der Waals surface area contributed by atoms with Gasteiger partial charge in [0.1, 0.15) is 5.69 Å². The predicted molar refractivity (Wildman–Crippen MR) is 74.3 cm³/mol. The van der Waals surface area contributed by atoms with E-state index in [1.54, 1.807) is 23.1 Å². The summed E-state index contributed by atoms with van der Waals surface area (Å²) in [6, 6.07) is 3.59. The van der Waals surface area contributed by atoms with Gasteiger partial charge in [-0.2, -0.15) is 0 Å². The highest BCUT2D eigenvalue weighted by molar-refractivity contribution is 5.92. The van der Waals surface area contributed by atoms with Crippen LogP contribution in [0.25, 0.3) is 11.3 Å². The van der Waals surface area contributed by atoms with Gasteiger partial charge in [0.05, 0.1) is 0 Å². The monoisotopic (exact) mass is 274 g/mol. The molecule has 0 aliphatic carbocycles. The number of carboxylic acid groups (broad SMARTS) is 1. The summed E-state index contributed by atoms with van der Waals surface area (Å²) in [6.07, 6.45) is 5.43. The van der Waals surface area contributed by atoms with E-state index in [1.165, 1.54) is 0 Å². The number of nitrogens with zero attached hydrogens (tertiary/aromatic N) is 4. The van der Waals surface area contributed by atoms with Crippen LogP contribution < -0.4 is 0 Å². The molecule has 2 aromatic rings. The standard InChI is InChI=1S/C14H18N4O2/c1-3-5-10(2)9-18-13(11-6-4-7-15-8-11)12(14(19)20)16-17-18/h4,6-8,10H,3,5,9H2,1-2H3,(H,19,20). The van der Waals surface area contributed by atoms with Gasteiger partial charge in [-0.05, 0) is 24.5 Å². The van der Waals surface area contributed by atoms with Crippen LogP contribution in [0.5, 0.6) is 0 Å². The number of aromatic carboxylic acids is 1. The van der Waals surface area contributed by atoms with Crippen molar-refractivity contribution < 1.29 is 9.90 Å². The minimum atomic E-state index is -1.07. The van der Waals surface area contributed by atoms with Crippen molar-refractivity contribution in [1.82, 2.24) is 20.0 Å². The fourth-order valence-electron chi connectivity index (χ4n) is 2.25. The first kappa shape index (κ1) is 14.2. The van der Waals surface area contributed by atoms with Gasteiger partial charge >= 0.3 is 5.97 Å². The summed E-state index contributed by atoms with van der Waals surface area (Å²) in [6.45, 7) is 4.90. The van der Waals surface area contributed by atoms with Crippen molar-refractivity contribution >= 4 is 5.97 Å². The third-order valence-corrected chi connectivity index (χ3v) is 3.14. The molecule has 0 radical (unpaired) electrons. The molecular formula is C14H18N4O2. The number of carbonyl (C=O) groups is 1. The van der Waals surface area contributed by atoms with Gasteiger partial charge in [-0.1, -0.05) is 25.5 Å². The van der Waals surface area contributed by atoms with E-state index < -0.39 is 5.97 Å². The molecule has 2 rings (SSSR count). The van der Waals surface area contributed by atoms with E-state index in [0.29, 0.717) is 18.2 Å². The normalized spacial score (nSPS) is 12.3. The molecule has 0 amide bonds. The minimum Gasteiger partial charge on any atom is -0.476 e. The lowest BCUT2D eigenvalue weighted by molar-refractivity contribution is 0.0691. The minimum absolute atomic E-state index is 0.0262. The predicted octanol–water partition coefficient (Wildman–Crippen LogP) is 2.47. The van der Waals surface area contributed by atoms with Crippen LogP contribution in [0.4, 0.5) is 0 Å². The Morgan fingerprint density at radius 3 is 2.90 bits per heavy atom. The largest absolute Gasteiger partial charge is 0.476 e. The van der Waals surface area contributed by atoms with E-state index in [2.05, 4.69) is 29.1 Å². The Hall–Kier alpha value is -2.24. The maximum absolute atomic E-state index is 11.3. The van der Waals surface area contributed by atoms with Gasteiger partial charge in [-0.3, -0.25) is 4.98 Å². The van der Waals surface area contributed by atoms with E-state index >= 15 is 0 Å². The molecule has 0 aliphatic heterocycles. The van der Waals surface area contributed by atoms with E-state index in [9.17, 15) is 9.90 Å². The zero-order chi connectivity index (χ0) is 14.5. The molecule has 0 aliphatic rings. The lowest BCUT2D eigenvalue weighted by Gasteiger charge is -2.12. The molecule has 2 aromatic heterocycles. The molecule has 0 fully saturated rings. The van der Waals surface area contributed by atoms with Crippen molar-refractivity contribution in [3.8, 4) is 11.3 Å². The van der Waals surface area contributed by atoms with Crippen molar-refractivity contribution in [3.05, 3.63) is 30.2 Å². The first-order valence-corrected chi connectivity index (χ1v) is 6.70. The fraction of sp³-hybridized carbons (Fsp3) is 0.429. The molecular weight excluding hydrogens is 256 g/mol. The molecule has 6 heteroatoms. The van der Waals surface area contributed by atoms with Crippen LogP contribution in [-0.4, -0.2) is 31.1 Å². The molecule has 20 heavy (non-hydrogen) atoms. The maximum Gasteiger partial charge on any atom is 0.358 e. The molecule has 0 saturated carbocycles. The van der Waals surface area contributed by atoms with Gasteiger partial charge in [0.2, 0.25) is 0 Å². The van der Waals surface area contributed by atoms with Crippen LogP contribution in [0.2, 0.25) is 0 Å². The Morgan fingerprint density at radius 1 is 1.50 bits per heavy atom. The Kier molecular flexibility index (Phi) is 4.45. The quantitative estimate of drug-likeness (QED) is 0.875. The summed E-state index contributed by atoms with van der Waals surface area (Å²) < 4.78 is 1.67. The van der Waals surface area contributed by atoms with Gasteiger partial charge in [-0.15, -0.1) is 5.10 Å². The second-order valence-corrected chi connectivity index (χ2v) is 4.91. The molecule has 2 heterocycles. The highest BCUT2D eigenvalue weighted by Crippen LogP contribution is 2.23. The summed E-state index contributed by atoms with van der Waals surface area (Å²) in [5, 5.41) is 17.0. The van der Waals surface area contributed by atoms with Gasteiger partial charge in [0, 0.05) is 24.5 Å². The molecule has 0 spiro atoms. The van der Waals surface area contributed by atoms with Crippen LogP contribution in [-0.2, 0) is 6.54 Å². The molecule has 1 unspecified atom stereocenters. The van der Waals surface area contributed by atoms with Crippen molar-refractivity contribution in [2.75, 3.05) is 0 Å². The van der Waals surface area contributed by atoms with E-state index in [-0.39, 0.29) is 5.69 Å². The van der Waals surface area contributed by atoms with Gasteiger partial charge in [-0.25, -0.2) is 9.48 Å². The number of hydrogen-bond donors (Lipinski definition) is 1. The fourth-order valence-corrected chi connectivity index (χ4v) is 2.25. The molecule has 106 valence electrons. The first-order valence-electron chi connectivity index (χ1n) is 6.70. The number of aromatic nitrogens is 4. The van der Waals surface area contributed by atoms with Crippen molar-refractivity contribution in [2.24, 2.45) is 5.92 Å². The molecule has 0 aromatic carbocycles. The third-order valence-electron chi connectivity index (χ3n) is 3.14. The Balaban J connectivity index is 2.41. The van der Waals surface area contributed by atoms with E-state index in [4.69, 9.17) is 0 Å². The average Bonchev–Trinajstić information content (AvgIpc) is 2.83. The Bertz CT molecular complexity index is 580. The van der Waals surface area contributed by atoms with Crippen molar-refractivity contribution in [1.29, 1.82) is 0 Å².